The molecule has 148 valence electrons. The SMILES string of the molecule is CCc1cnc(CCNC(=NC)NCc2nc(-c3ccc(OC)cc3)n[nH]2)s1. The highest BCUT2D eigenvalue weighted by atomic mass is 32.1. The largest absolute Gasteiger partial charge is 0.497 e. The lowest BCUT2D eigenvalue weighted by atomic mass is 10.2. The fourth-order valence-corrected chi connectivity index (χ4v) is 3.41. The number of thiazole rings is 1. The number of aryl methyl sites for hydroxylation is 1. The lowest BCUT2D eigenvalue weighted by Gasteiger charge is -2.09. The van der Waals surface area contributed by atoms with Gasteiger partial charge in [-0.15, -0.1) is 11.3 Å². The Morgan fingerprint density at radius 2 is 2.07 bits per heavy atom. The number of rotatable bonds is 8. The number of aliphatic imine (C=N–C) groups is 1. The fraction of sp³-hybridized carbons (Fsp3) is 0.368. The molecular weight excluding hydrogens is 374 g/mol. The molecular formula is C19H25N7OS. The third-order valence-electron chi connectivity index (χ3n) is 4.11. The minimum Gasteiger partial charge on any atom is -0.497 e. The predicted molar refractivity (Wildman–Crippen MR) is 112 cm³/mol. The van der Waals surface area contributed by atoms with Crippen LogP contribution in [0.15, 0.2) is 35.5 Å². The summed E-state index contributed by atoms with van der Waals surface area (Å²) in [4.78, 5) is 14.5. The van der Waals surface area contributed by atoms with Crippen molar-refractivity contribution in [1.29, 1.82) is 0 Å². The van der Waals surface area contributed by atoms with Gasteiger partial charge in [-0.2, -0.15) is 5.10 Å². The van der Waals surface area contributed by atoms with Gasteiger partial charge in [0, 0.05) is 36.7 Å². The van der Waals surface area contributed by atoms with Gasteiger partial charge in [0.1, 0.15) is 11.6 Å². The molecule has 3 rings (SSSR count). The molecule has 0 fully saturated rings. The molecule has 0 radical (unpaired) electrons. The maximum atomic E-state index is 5.17. The first-order chi connectivity index (χ1) is 13.7. The molecule has 0 unspecified atom stereocenters. The van der Waals surface area contributed by atoms with Crippen molar-refractivity contribution in [3.63, 3.8) is 0 Å². The van der Waals surface area contributed by atoms with Crippen LogP contribution in [0.1, 0.15) is 22.6 Å². The van der Waals surface area contributed by atoms with Crippen molar-refractivity contribution in [2.45, 2.75) is 26.3 Å². The zero-order valence-electron chi connectivity index (χ0n) is 16.3. The summed E-state index contributed by atoms with van der Waals surface area (Å²) in [6.45, 7) is 3.41. The molecule has 0 aliphatic heterocycles. The lowest BCUT2D eigenvalue weighted by molar-refractivity contribution is 0.415. The van der Waals surface area contributed by atoms with E-state index in [1.807, 2.05) is 30.5 Å². The van der Waals surface area contributed by atoms with Crippen molar-refractivity contribution < 1.29 is 4.74 Å². The van der Waals surface area contributed by atoms with Crippen molar-refractivity contribution in [2.24, 2.45) is 4.99 Å². The zero-order chi connectivity index (χ0) is 19.8. The van der Waals surface area contributed by atoms with Gasteiger partial charge in [-0.25, -0.2) is 9.97 Å². The van der Waals surface area contributed by atoms with E-state index in [9.17, 15) is 0 Å². The molecule has 3 aromatic rings. The summed E-state index contributed by atoms with van der Waals surface area (Å²) >= 11 is 1.76. The minimum absolute atomic E-state index is 0.500. The Bertz CT molecular complexity index is 901. The van der Waals surface area contributed by atoms with Crippen LogP contribution in [-0.2, 0) is 19.4 Å². The highest BCUT2D eigenvalue weighted by Crippen LogP contribution is 2.18. The Hall–Kier alpha value is -2.94. The van der Waals surface area contributed by atoms with Crippen LogP contribution in [0.4, 0.5) is 0 Å². The van der Waals surface area contributed by atoms with E-state index in [2.05, 4.69) is 42.7 Å². The Balaban J connectivity index is 1.47. The van der Waals surface area contributed by atoms with Gasteiger partial charge in [0.05, 0.1) is 18.7 Å². The van der Waals surface area contributed by atoms with Gasteiger partial charge in [0.2, 0.25) is 0 Å². The third-order valence-corrected chi connectivity index (χ3v) is 5.31. The van der Waals surface area contributed by atoms with Gasteiger partial charge in [0.15, 0.2) is 11.8 Å². The normalized spacial score (nSPS) is 11.5. The molecule has 0 aliphatic carbocycles. The van der Waals surface area contributed by atoms with Crippen LogP contribution in [0, 0.1) is 0 Å². The Morgan fingerprint density at radius 1 is 1.25 bits per heavy atom. The number of aromatic amines is 1. The molecule has 0 spiro atoms. The molecule has 1 aromatic carbocycles. The Kier molecular flexibility index (Phi) is 6.96. The van der Waals surface area contributed by atoms with Crippen LogP contribution >= 0.6 is 11.3 Å². The summed E-state index contributed by atoms with van der Waals surface area (Å²) in [7, 11) is 3.39. The maximum absolute atomic E-state index is 5.17. The molecule has 2 aromatic heterocycles. The number of benzene rings is 1. The van der Waals surface area contributed by atoms with Crippen molar-refractivity contribution >= 4 is 17.3 Å². The van der Waals surface area contributed by atoms with Crippen LogP contribution in [0.5, 0.6) is 5.75 Å². The molecule has 28 heavy (non-hydrogen) atoms. The number of hydrogen-bond donors (Lipinski definition) is 3. The number of guanidine groups is 1. The number of hydrogen-bond acceptors (Lipinski definition) is 6. The topological polar surface area (TPSA) is 100 Å². The Labute approximate surface area is 168 Å². The number of methoxy groups -OCH3 is 1. The van der Waals surface area contributed by atoms with Crippen LogP contribution in [0.25, 0.3) is 11.4 Å². The number of nitrogens with zero attached hydrogens (tertiary/aromatic N) is 4. The summed E-state index contributed by atoms with van der Waals surface area (Å²) in [5, 5.41) is 14.9. The van der Waals surface area contributed by atoms with E-state index in [0.29, 0.717) is 12.4 Å². The van der Waals surface area contributed by atoms with Crippen molar-refractivity contribution in [3.8, 4) is 17.1 Å². The molecule has 0 saturated heterocycles. The van der Waals surface area contributed by atoms with Crippen LogP contribution in [0.3, 0.4) is 0 Å². The summed E-state index contributed by atoms with van der Waals surface area (Å²) in [6.07, 6.45) is 3.86. The molecule has 3 N–H and O–H groups in total. The van der Waals surface area contributed by atoms with Gasteiger partial charge in [0.25, 0.3) is 0 Å². The predicted octanol–water partition coefficient (Wildman–Crippen LogP) is 2.41. The molecule has 0 amide bonds. The first-order valence-electron chi connectivity index (χ1n) is 9.15. The van der Waals surface area contributed by atoms with Crippen molar-refractivity contribution in [3.05, 3.63) is 46.2 Å². The molecule has 0 atom stereocenters. The van der Waals surface area contributed by atoms with Gasteiger partial charge in [-0.05, 0) is 30.7 Å². The second-order valence-electron chi connectivity index (χ2n) is 6.01. The second-order valence-corrected chi connectivity index (χ2v) is 7.21. The van der Waals surface area contributed by atoms with Crippen LogP contribution in [0.2, 0.25) is 0 Å². The van der Waals surface area contributed by atoms with Crippen LogP contribution in [-0.4, -0.2) is 46.8 Å². The van der Waals surface area contributed by atoms with Gasteiger partial charge in [-0.3, -0.25) is 10.1 Å². The number of H-pyrrole nitrogens is 1. The number of nitrogens with one attached hydrogen (secondary N) is 3. The van der Waals surface area contributed by atoms with Crippen molar-refractivity contribution in [1.82, 2.24) is 30.8 Å². The average Bonchev–Trinajstić information content (AvgIpc) is 3.40. The van der Waals surface area contributed by atoms with E-state index in [-0.39, 0.29) is 0 Å². The quantitative estimate of drug-likeness (QED) is 0.397. The van der Waals surface area contributed by atoms with E-state index in [1.165, 1.54) is 4.88 Å². The summed E-state index contributed by atoms with van der Waals surface area (Å²) in [6, 6.07) is 7.65. The summed E-state index contributed by atoms with van der Waals surface area (Å²) in [5.41, 5.74) is 0.931. The summed E-state index contributed by atoms with van der Waals surface area (Å²) < 4.78 is 5.17. The molecule has 9 heteroatoms. The lowest BCUT2D eigenvalue weighted by Crippen LogP contribution is -2.38. The van der Waals surface area contributed by atoms with E-state index < -0.39 is 0 Å². The van der Waals surface area contributed by atoms with Gasteiger partial charge in [-0.1, -0.05) is 6.92 Å². The van der Waals surface area contributed by atoms with Crippen molar-refractivity contribution in [2.75, 3.05) is 20.7 Å². The van der Waals surface area contributed by atoms with E-state index in [0.717, 1.165) is 47.5 Å². The fourth-order valence-electron chi connectivity index (χ4n) is 2.55. The molecule has 8 nitrogen and oxygen atoms in total. The highest BCUT2D eigenvalue weighted by Gasteiger charge is 2.07. The zero-order valence-corrected chi connectivity index (χ0v) is 17.1. The Morgan fingerprint density at radius 3 is 2.75 bits per heavy atom. The van der Waals surface area contributed by atoms with E-state index in [1.54, 1.807) is 25.5 Å². The first-order valence-corrected chi connectivity index (χ1v) is 9.97. The van der Waals surface area contributed by atoms with E-state index >= 15 is 0 Å². The standard InChI is InChI=1S/C19H25N7OS/c1-4-15-11-22-17(28-15)9-10-21-19(20-2)23-12-16-24-18(26-25-16)13-5-7-14(27-3)8-6-13/h5-8,11H,4,9-10,12H2,1-3H3,(H2,20,21,23)(H,24,25,26). The average molecular weight is 400 g/mol. The van der Waals surface area contributed by atoms with Gasteiger partial charge >= 0.3 is 0 Å². The third kappa shape index (κ3) is 5.29. The molecule has 2 heterocycles. The number of aromatic nitrogens is 4. The smallest absolute Gasteiger partial charge is 0.191 e. The maximum Gasteiger partial charge on any atom is 0.191 e. The van der Waals surface area contributed by atoms with Crippen LogP contribution < -0.4 is 15.4 Å². The van der Waals surface area contributed by atoms with E-state index in [4.69, 9.17) is 4.74 Å². The molecule has 0 bridgehead atoms. The second kappa shape index (κ2) is 9.84. The minimum atomic E-state index is 0.500. The number of ether oxygens (including phenoxy) is 1. The molecule has 0 saturated carbocycles. The molecule has 0 aliphatic rings. The summed E-state index contributed by atoms with van der Waals surface area (Å²) in [5.74, 6) is 2.91. The van der Waals surface area contributed by atoms with Gasteiger partial charge < -0.3 is 15.4 Å². The first kappa shape index (κ1) is 19.8. The highest BCUT2D eigenvalue weighted by molar-refractivity contribution is 7.11. The monoisotopic (exact) mass is 399 g/mol.